The molecule has 0 amide bonds. The van der Waals surface area contributed by atoms with Crippen LogP contribution in [0.15, 0.2) is 179 Å². The number of imidazole rings is 1. The maximum atomic E-state index is 13.7. The van der Waals surface area contributed by atoms with Gasteiger partial charge in [0, 0.05) is 15.5 Å². The summed E-state index contributed by atoms with van der Waals surface area (Å²) in [6.07, 6.45) is 0. The predicted molar refractivity (Wildman–Crippen MR) is 230 cm³/mol. The van der Waals surface area contributed by atoms with Crippen molar-refractivity contribution in [3.63, 3.8) is 0 Å². The van der Waals surface area contributed by atoms with Gasteiger partial charge in [-0.1, -0.05) is 127 Å². The van der Waals surface area contributed by atoms with E-state index < -0.39 is 0 Å². The summed E-state index contributed by atoms with van der Waals surface area (Å²) in [6.45, 7) is 0. The molecule has 0 radical (unpaired) electrons. The Balaban J connectivity index is 0.996. The molecule has 0 saturated heterocycles. The maximum Gasteiger partial charge on any atom is 0.266 e. The van der Waals surface area contributed by atoms with Gasteiger partial charge >= 0.3 is 0 Å². The Hall–Kier alpha value is -7.08. The lowest BCUT2D eigenvalue weighted by molar-refractivity contribution is 0.669. The van der Waals surface area contributed by atoms with E-state index in [9.17, 15) is 4.79 Å². The van der Waals surface area contributed by atoms with Crippen LogP contribution in [0.4, 0.5) is 0 Å². The van der Waals surface area contributed by atoms with Crippen LogP contribution in [0.25, 0.3) is 114 Å². The largest absolute Gasteiger partial charge is 0.456 e. The fourth-order valence-corrected chi connectivity index (χ4v) is 9.67. The lowest BCUT2D eigenvalue weighted by atomic mass is 9.91. The minimum Gasteiger partial charge on any atom is -0.456 e. The number of hydrogen-bond acceptors (Lipinski definition) is 4. The molecule has 3 aromatic heterocycles. The Bertz CT molecular complexity index is 3610. The highest BCUT2D eigenvalue weighted by molar-refractivity contribution is 7.23. The molecule has 0 aliphatic heterocycles. The number of nitrogens with zero attached hydrogens (tertiary/aromatic N) is 2. The van der Waals surface area contributed by atoms with Crippen molar-refractivity contribution < 1.29 is 4.42 Å². The lowest BCUT2D eigenvalue weighted by Crippen LogP contribution is -2.11. The summed E-state index contributed by atoms with van der Waals surface area (Å²) in [6, 6.07) is 59.8. The zero-order valence-electron chi connectivity index (χ0n) is 29.3. The molecular weight excluding hydrogens is 693 g/mol. The molecule has 0 atom stereocenters. The Labute approximate surface area is 317 Å². The topological polar surface area (TPSA) is 47.5 Å². The molecule has 0 fully saturated rings. The first-order valence-electron chi connectivity index (χ1n) is 18.4. The monoisotopic (exact) mass is 720 g/mol. The van der Waals surface area contributed by atoms with Crippen molar-refractivity contribution >= 4 is 91.7 Å². The third-order valence-corrected chi connectivity index (χ3v) is 12.3. The van der Waals surface area contributed by atoms with Crippen LogP contribution in [0.1, 0.15) is 0 Å². The molecule has 4 nitrogen and oxygen atoms in total. The van der Waals surface area contributed by atoms with E-state index in [1.165, 1.54) is 54.8 Å². The van der Waals surface area contributed by atoms with Gasteiger partial charge in [-0.05, 0) is 120 Å². The van der Waals surface area contributed by atoms with Crippen LogP contribution < -0.4 is 5.56 Å². The molecule has 12 aromatic rings. The second-order valence-corrected chi connectivity index (χ2v) is 15.3. The van der Waals surface area contributed by atoms with Crippen LogP contribution in [0, 0.1) is 0 Å². The standard InChI is InChI=1S/C50H28N2O2S/c53-49-40-15-5-6-18-47(40)55-50-51-43-23-20-33(28-44(43)52(49)50)34-16-8-17-46-48(34)42-27-32(21-24-45(42)54-46)30-10-7-9-29(25-30)31-19-22-39-37-13-2-1-11-35(37)36-12-3-4-14-38(36)41(39)26-31/h1-28H. The number of aromatic nitrogens is 2. The smallest absolute Gasteiger partial charge is 0.266 e. The minimum absolute atomic E-state index is 0.0478. The van der Waals surface area contributed by atoms with Crippen molar-refractivity contribution in [2.24, 2.45) is 0 Å². The summed E-state index contributed by atoms with van der Waals surface area (Å²) in [7, 11) is 0. The van der Waals surface area contributed by atoms with E-state index in [1.807, 2.05) is 42.5 Å². The Kier molecular flexibility index (Phi) is 6.33. The van der Waals surface area contributed by atoms with Gasteiger partial charge in [0.25, 0.3) is 5.56 Å². The molecule has 0 N–H and O–H groups in total. The molecule has 0 bridgehead atoms. The number of rotatable bonds is 3. The van der Waals surface area contributed by atoms with E-state index in [0.29, 0.717) is 10.3 Å². The van der Waals surface area contributed by atoms with Gasteiger partial charge in [0.05, 0.1) is 16.4 Å². The first-order valence-corrected chi connectivity index (χ1v) is 19.2. The van der Waals surface area contributed by atoms with E-state index >= 15 is 0 Å². The number of furan rings is 1. The van der Waals surface area contributed by atoms with E-state index in [-0.39, 0.29) is 5.56 Å². The van der Waals surface area contributed by atoms with Crippen LogP contribution in [0.5, 0.6) is 0 Å². The molecular formula is C50H28N2O2S. The zero-order chi connectivity index (χ0) is 36.2. The fraction of sp³-hybridized carbons (Fsp3) is 0. The van der Waals surface area contributed by atoms with Gasteiger partial charge in [0.2, 0.25) is 0 Å². The van der Waals surface area contributed by atoms with Crippen molar-refractivity contribution in [3.05, 3.63) is 180 Å². The highest BCUT2D eigenvalue weighted by Gasteiger charge is 2.17. The van der Waals surface area contributed by atoms with Crippen molar-refractivity contribution in [1.29, 1.82) is 0 Å². The summed E-state index contributed by atoms with van der Waals surface area (Å²) in [4.78, 5) is 19.3. The molecule has 55 heavy (non-hydrogen) atoms. The van der Waals surface area contributed by atoms with Crippen LogP contribution in [-0.4, -0.2) is 9.38 Å². The summed E-state index contributed by atoms with van der Waals surface area (Å²) < 4.78 is 9.14. The average molecular weight is 721 g/mol. The second kappa shape index (κ2) is 11.5. The van der Waals surface area contributed by atoms with E-state index in [1.54, 1.807) is 4.40 Å². The van der Waals surface area contributed by atoms with E-state index in [4.69, 9.17) is 9.40 Å². The predicted octanol–water partition coefficient (Wildman–Crippen LogP) is 13.4. The number of hydrogen-bond donors (Lipinski definition) is 0. The third-order valence-electron chi connectivity index (χ3n) is 11.2. The van der Waals surface area contributed by atoms with Crippen molar-refractivity contribution in [2.45, 2.75) is 0 Å². The molecule has 12 rings (SSSR count). The van der Waals surface area contributed by atoms with Crippen molar-refractivity contribution in [2.75, 3.05) is 0 Å². The first-order chi connectivity index (χ1) is 27.2. The van der Waals surface area contributed by atoms with Crippen molar-refractivity contribution in [1.82, 2.24) is 9.38 Å². The average Bonchev–Trinajstić information content (AvgIpc) is 3.81. The van der Waals surface area contributed by atoms with E-state index in [0.717, 1.165) is 59.9 Å². The van der Waals surface area contributed by atoms with Gasteiger partial charge in [-0.3, -0.25) is 4.79 Å². The third kappa shape index (κ3) is 4.51. The van der Waals surface area contributed by atoms with Gasteiger partial charge in [-0.2, -0.15) is 0 Å². The molecule has 0 aliphatic rings. The summed E-state index contributed by atoms with van der Waals surface area (Å²) >= 11 is 1.54. The lowest BCUT2D eigenvalue weighted by Gasteiger charge is -2.12. The highest BCUT2D eigenvalue weighted by Crippen LogP contribution is 2.41. The maximum absolute atomic E-state index is 13.7. The normalized spacial score (nSPS) is 12.1. The molecule has 5 heteroatoms. The summed E-state index contributed by atoms with van der Waals surface area (Å²) in [5.74, 6) is 0. The molecule has 9 aromatic carbocycles. The molecule has 256 valence electrons. The summed E-state index contributed by atoms with van der Waals surface area (Å²) in [5, 5.41) is 10.4. The Morgan fingerprint density at radius 3 is 1.82 bits per heavy atom. The fourth-order valence-electron chi connectivity index (χ4n) is 8.65. The second-order valence-electron chi connectivity index (χ2n) is 14.3. The van der Waals surface area contributed by atoms with Crippen LogP contribution in [-0.2, 0) is 0 Å². The van der Waals surface area contributed by atoms with Crippen LogP contribution >= 0.6 is 11.3 Å². The Morgan fingerprint density at radius 2 is 1.05 bits per heavy atom. The highest BCUT2D eigenvalue weighted by atomic mass is 32.1. The van der Waals surface area contributed by atoms with Gasteiger partial charge in [-0.25, -0.2) is 9.38 Å². The van der Waals surface area contributed by atoms with Gasteiger partial charge < -0.3 is 4.42 Å². The van der Waals surface area contributed by atoms with Crippen molar-refractivity contribution in [3.8, 4) is 33.4 Å². The molecule has 0 aliphatic carbocycles. The zero-order valence-corrected chi connectivity index (χ0v) is 30.1. The molecule has 0 saturated carbocycles. The Morgan fingerprint density at radius 1 is 0.455 bits per heavy atom. The van der Waals surface area contributed by atoms with E-state index in [2.05, 4.69) is 127 Å². The van der Waals surface area contributed by atoms with Gasteiger partial charge in [-0.15, -0.1) is 0 Å². The molecule has 3 heterocycles. The first kappa shape index (κ1) is 30.4. The van der Waals surface area contributed by atoms with Crippen LogP contribution in [0.2, 0.25) is 0 Å². The SMILES string of the molecule is O=c1c2ccccc2sc2nc3ccc(-c4cccc5oc6ccc(-c7cccc(-c8ccc9c%10ccccc%10c%10ccccc%10c9c8)c7)cc6c45)cc3n12. The number of benzene rings is 9. The minimum atomic E-state index is -0.0478. The van der Waals surface area contributed by atoms with Gasteiger partial charge in [0.1, 0.15) is 11.2 Å². The van der Waals surface area contributed by atoms with Crippen LogP contribution in [0.3, 0.4) is 0 Å². The molecule has 0 spiro atoms. The number of fused-ring (bicyclic) bond motifs is 13. The quantitative estimate of drug-likeness (QED) is 0.171. The van der Waals surface area contributed by atoms with Gasteiger partial charge in [0.15, 0.2) is 4.96 Å². The summed E-state index contributed by atoms with van der Waals surface area (Å²) in [5.41, 5.74) is 9.87. The molecule has 0 unspecified atom stereocenters.